The molecule has 2 heterocycles. The lowest BCUT2D eigenvalue weighted by molar-refractivity contribution is -0.117. The van der Waals surface area contributed by atoms with Gasteiger partial charge in [0.15, 0.2) is 0 Å². The van der Waals surface area contributed by atoms with E-state index in [9.17, 15) is 13.2 Å². The van der Waals surface area contributed by atoms with Crippen LogP contribution in [0.5, 0.6) is 5.75 Å². The number of nitrogens with one attached hydrogen (secondary N) is 2. The van der Waals surface area contributed by atoms with Gasteiger partial charge in [0.2, 0.25) is 5.91 Å². The van der Waals surface area contributed by atoms with E-state index in [0.29, 0.717) is 18.0 Å². The maximum Gasteiger partial charge on any atom is 0.276 e. The number of hydrogen-bond donors (Lipinski definition) is 2. The molecule has 1 aromatic carbocycles. The van der Waals surface area contributed by atoms with Gasteiger partial charge in [-0.15, -0.1) is 5.10 Å². The molecule has 0 spiro atoms. The molecule has 2 N–H and O–H groups in total. The Labute approximate surface area is 138 Å². The lowest BCUT2D eigenvalue weighted by atomic mass is 10.1. The Kier molecular flexibility index (Phi) is 3.67. The number of nitrogens with zero attached hydrogens (tertiary/aromatic N) is 4. The second kappa shape index (κ2) is 5.44. The van der Waals surface area contributed by atoms with Gasteiger partial charge >= 0.3 is 0 Å². The van der Waals surface area contributed by atoms with Gasteiger partial charge in [-0.2, -0.15) is 5.21 Å². The highest BCUT2D eigenvalue weighted by molar-refractivity contribution is 7.92. The van der Waals surface area contributed by atoms with Crippen LogP contribution in [-0.2, 0) is 14.8 Å². The molecule has 10 nitrogen and oxygen atoms in total. The lowest BCUT2D eigenvalue weighted by Crippen LogP contribution is -2.48. The normalized spacial score (nSPS) is 16.2. The van der Waals surface area contributed by atoms with Gasteiger partial charge in [-0.05, 0) is 37.3 Å². The Morgan fingerprint density at radius 1 is 1.42 bits per heavy atom. The molecular formula is C13H16N6O4S. The largest absolute Gasteiger partial charge is 0.484 e. The third-order valence-corrected chi connectivity index (χ3v) is 4.73. The average Bonchev–Trinajstić information content (AvgIpc) is 2.97. The van der Waals surface area contributed by atoms with Crippen molar-refractivity contribution in [3.8, 4) is 5.75 Å². The van der Waals surface area contributed by atoms with Crippen molar-refractivity contribution < 1.29 is 17.9 Å². The van der Waals surface area contributed by atoms with Crippen molar-refractivity contribution >= 4 is 27.6 Å². The highest BCUT2D eigenvalue weighted by Crippen LogP contribution is 2.38. The van der Waals surface area contributed by atoms with Crippen LogP contribution < -0.4 is 14.4 Å². The zero-order valence-corrected chi connectivity index (χ0v) is 14.1. The first-order valence-corrected chi connectivity index (χ1v) is 8.54. The van der Waals surface area contributed by atoms with Gasteiger partial charge in [0.1, 0.15) is 11.4 Å². The summed E-state index contributed by atoms with van der Waals surface area (Å²) in [4.78, 5) is 13.4. The number of carbonyl (C=O) groups is 1. The predicted molar refractivity (Wildman–Crippen MR) is 84.2 cm³/mol. The van der Waals surface area contributed by atoms with Crippen LogP contribution in [0.3, 0.4) is 0 Å². The average molecular weight is 352 g/mol. The van der Waals surface area contributed by atoms with Crippen LogP contribution in [0.1, 0.15) is 20.8 Å². The lowest BCUT2D eigenvalue weighted by Gasteiger charge is -2.39. The van der Waals surface area contributed by atoms with E-state index in [1.165, 1.54) is 30.0 Å². The Morgan fingerprint density at radius 3 is 2.79 bits per heavy atom. The van der Waals surface area contributed by atoms with Gasteiger partial charge in [-0.3, -0.25) is 4.79 Å². The molecule has 1 aromatic heterocycles. The number of tetrazole rings is 1. The van der Waals surface area contributed by atoms with Crippen molar-refractivity contribution in [2.24, 2.45) is 0 Å². The number of rotatable bonds is 3. The second-order valence-electron chi connectivity index (χ2n) is 5.94. The maximum atomic E-state index is 12.4. The number of aromatic nitrogens is 4. The Hall–Kier alpha value is -2.69. The molecule has 24 heavy (non-hydrogen) atoms. The molecule has 0 saturated carbocycles. The van der Waals surface area contributed by atoms with E-state index in [2.05, 4.69) is 25.3 Å². The fraction of sp³-hybridized carbons (Fsp3) is 0.385. The third kappa shape index (κ3) is 3.02. The van der Waals surface area contributed by atoms with Crippen LogP contribution in [0.25, 0.3) is 0 Å². The number of amides is 1. The fourth-order valence-electron chi connectivity index (χ4n) is 2.42. The number of H-pyrrole nitrogens is 1. The molecule has 0 bridgehead atoms. The standard InChI is InChI=1S/C13H16N6O4S/c1-8(20)19-7-13(2,3)23-11-5-4-9(6-10(11)19)24(21,22)16-12-14-17-18-15-12/h4-6H,7H2,1-3H3,(H2,14,15,16,17,18). The van der Waals surface area contributed by atoms with Crippen molar-refractivity contribution in [2.45, 2.75) is 31.3 Å². The molecule has 11 heteroatoms. The fourth-order valence-corrected chi connectivity index (χ4v) is 3.38. The minimum Gasteiger partial charge on any atom is -0.484 e. The summed E-state index contributed by atoms with van der Waals surface area (Å²) in [6.45, 7) is 5.45. The zero-order chi connectivity index (χ0) is 17.5. The van der Waals surface area contributed by atoms with Crippen molar-refractivity contribution in [3.05, 3.63) is 18.2 Å². The molecule has 0 radical (unpaired) electrons. The topological polar surface area (TPSA) is 130 Å². The molecule has 0 unspecified atom stereocenters. The molecule has 3 rings (SSSR count). The van der Waals surface area contributed by atoms with Gasteiger partial charge in [-0.25, -0.2) is 13.1 Å². The minimum absolute atomic E-state index is 0.0411. The third-order valence-electron chi connectivity index (χ3n) is 3.41. The first-order chi connectivity index (χ1) is 11.2. The first-order valence-electron chi connectivity index (χ1n) is 7.05. The van der Waals surface area contributed by atoms with Crippen molar-refractivity contribution in [2.75, 3.05) is 16.2 Å². The van der Waals surface area contributed by atoms with Crippen LogP contribution >= 0.6 is 0 Å². The van der Waals surface area contributed by atoms with Crippen molar-refractivity contribution in [1.82, 2.24) is 20.6 Å². The van der Waals surface area contributed by atoms with Crippen LogP contribution in [0, 0.1) is 0 Å². The highest BCUT2D eigenvalue weighted by atomic mass is 32.2. The number of hydrogen-bond acceptors (Lipinski definition) is 7. The summed E-state index contributed by atoms with van der Waals surface area (Å²) in [5, 5.41) is 12.5. The zero-order valence-electron chi connectivity index (χ0n) is 13.3. The van der Waals surface area contributed by atoms with E-state index in [1.807, 2.05) is 13.8 Å². The van der Waals surface area contributed by atoms with E-state index in [-0.39, 0.29) is 16.8 Å². The summed E-state index contributed by atoms with van der Waals surface area (Å²) < 4.78 is 32.8. The summed E-state index contributed by atoms with van der Waals surface area (Å²) in [5.41, 5.74) is -0.167. The molecule has 1 aliphatic heterocycles. The van der Waals surface area contributed by atoms with Crippen LogP contribution in [0.15, 0.2) is 23.1 Å². The number of aromatic amines is 1. The smallest absolute Gasteiger partial charge is 0.276 e. The van der Waals surface area contributed by atoms with Crippen molar-refractivity contribution in [3.63, 3.8) is 0 Å². The van der Waals surface area contributed by atoms with E-state index >= 15 is 0 Å². The number of anilines is 2. The molecule has 128 valence electrons. The van der Waals surface area contributed by atoms with Gasteiger partial charge in [0, 0.05) is 6.92 Å². The molecule has 0 aliphatic carbocycles. The second-order valence-corrected chi connectivity index (χ2v) is 7.62. The van der Waals surface area contributed by atoms with Crippen molar-refractivity contribution in [1.29, 1.82) is 0 Å². The number of ether oxygens (including phenoxy) is 1. The summed E-state index contributed by atoms with van der Waals surface area (Å²) in [7, 11) is -3.92. The van der Waals surface area contributed by atoms with Crippen LogP contribution in [0.4, 0.5) is 11.6 Å². The Balaban J connectivity index is 2.01. The molecule has 1 aliphatic rings. The van der Waals surface area contributed by atoms with E-state index in [1.54, 1.807) is 0 Å². The van der Waals surface area contributed by atoms with Gasteiger partial charge in [-0.1, -0.05) is 5.10 Å². The molecule has 0 atom stereocenters. The summed E-state index contributed by atoms with van der Waals surface area (Å²) >= 11 is 0. The van der Waals surface area contributed by atoms with Crippen LogP contribution in [0.2, 0.25) is 0 Å². The van der Waals surface area contributed by atoms with E-state index < -0.39 is 15.6 Å². The molecule has 0 fully saturated rings. The highest BCUT2D eigenvalue weighted by Gasteiger charge is 2.34. The monoisotopic (exact) mass is 352 g/mol. The first kappa shape index (κ1) is 16.2. The summed E-state index contributed by atoms with van der Waals surface area (Å²) in [5.74, 6) is 0.0711. The van der Waals surface area contributed by atoms with Gasteiger partial charge in [0.05, 0.1) is 17.1 Å². The van der Waals surface area contributed by atoms with E-state index in [0.717, 1.165) is 0 Å². The van der Waals surface area contributed by atoms with E-state index in [4.69, 9.17) is 4.74 Å². The minimum atomic E-state index is -3.92. The Morgan fingerprint density at radius 2 is 2.17 bits per heavy atom. The molecule has 1 amide bonds. The molecular weight excluding hydrogens is 336 g/mol. The summed E-state index contributed by atoms with van der Waals surface area (Å²) in [6.07, 6.45) is 0. The molecule has 2 aromatic rings. The number of fused-ring (bicyclic) bond motifs is 1. The van der Waals surface area contributed by atoms with Crippen LogP contribution in [-0.4, -0.2) is 47.1 Å². The molecule has 0 saturated heterocycles. The van der Waals surface area contributed by atoms with Gasteiger partial charge in [0.25, 0.3) is 16.0 Å². The quantitative estimate of drug-likeness (QED) is 0.823. The number of sulfonamides is 1. The number of benzene rings is 1. The SMILES string of the molecule is CC(=O)N1CC(C)(C)Oc2ccc(S(=O)(=O)Nc3nn[nH]n3)cc21. The summed E-state index contributed by atoms with van der Waals surface area (Å²) in [6, 6.07) is 4.30. The Bertz CT molecular complexity index is 878. The number of carbonyl (C=O) groups excluding carboxylic acids is 1. The predicted octanol–water partition coefficient (Wildman–Crippen LogP) is 0.524. The maximum absolute atomic E-state index is 12.4. The van der Waals surface area contributed by atoms with Gasteiger partial charge < -0.3 is 9.64 Å².